The molecular formula is C5H7O2-. The van der Waals surface area contributed by atoms with Crippen molar-refractivity contribution >= 4 is 5.97 Å². The molecule has 0 radical (unpaired) electrons. The van der Waals surface area contributed by atoms with Crippen LogP contribution in [0.15, 0.2) is 0 Å². The smallest absolute Gasteiger partial charge is 0.0448 e. The summed E-state index contributed by atoms with van der Waals surface area (Å²) in [7, 11) is 0. The molecule has 1 saturated carbocycles. The van der Waals surface area contributed by atoms with E-state index in [1.54, 1.807) is 0 Å². The van der Waals surface area contributed by atoms with Crippen LogP contribution in [0.3, 0.4) is 0 Å². The second-order valence-corrected chi connectivity index (χ2v) is 2.14. The number of carbonyl (C=O) groups excluding carboxylic acids is 1. The monoisotopic (exact) mass is 99.0 g/mol. The first-order valence-electron chi connectivity index (χ1n) is 2.42. The highest BCUT2D eigenvalue weighted by Gasteiger charge is 2.33. The first-order chi connectivity index (χ1) is 3.22. The molecule has 0 saturated heterocycles. The fraction of sp³-hybridized carbons (Fsp3) is 0.800. The third kappa shape index (κ3) is 0.734. The maximum atomic E-state index is 9.86. The average Bonchev–Trinajstić information content (AvgIpc) is 2.17. The van der Waals surface area contributed by atoms with Crippen molar-refractivity contribution in [1.82, 2.24) is 0 Å². The first kappa shape index (κ1) is 4.62. The topological polar surface area (TPSA) is 40.1 Å². The molecule has 7 heavy (non-hydrogen) atoms. The van der Waals surface area contributed by atoms with Crippen LogP contribution in [0.2, 0.25) is 0 Å². The summed E-state index contributed by atoms with van der Waals surface area (Å²) in [6.07, 6.45) is 0.822. The van der Waals surface area contributed by atoms with Gasteiger partial charge >= 0.3 is 0 Å². The zero-order valence-electron chi connectivity index (χ0n) is 4.18. The average molecular weight is 99.1 g/mol. The van der Waals surface area contributed by atoms with E-state index < -0.39 is 5.97 Å². The minimum Gasteiger partial charge on any atom is -0.550 e. The molecule has 0 bridgehead atoms. The zero-order chi connectivity index (χ0) is 5.44. The molecule has 0 unspecified atom stereocenters. The Labute approximate surface area is 42.1 Å². The number of carboxylic acid groups (broad SMARTS) is 1. The molecule has 2 heteroatoms. The van der Waals surface area contributed by atoms with Crippen molar-refractivity contribution in [3.05, 3.63) is 0 Å². The van der Waals surface area contributed by atoms with E-state index in [-0.39, 0.29) is 5.92 Å². The molecular weight excluding hydrogens is 92.1 g/mol. The number of carbonyl (C=O) groups is 1. The Morgan fingerprint density at radius 1 is 1.86 bits per heavy atom. The van der Waals surface area contributed by atoms with Crippen molar-refractivity contribution in [2.24, 2.45) is 11.8 Å². The van der Waals surface area contributed by atoms with E-state index in [1.165, 1.54) is 0 Å². The van der Waals surface area contributed by atoms with Gasteiger partial charge in [0, 0.05) is 11.9 Å². The van der Waals surface area contributed by atoms with Crippen molar-refractivity contribution in [3.63, 3.8) is 0 Å². The minimum absolute atomic E-state index is 0.125. The van der Waals surface area contributed by atoms with E-state index in [0.717, 1.165) is 6.42 Å². The summed E-state index contributed by atoms with van der Waals surface area (Å²) in [4.78, 5) is 9.86. The molecule has 1 fully saturated rings. The maximum Gasteiger partial charge on any atom is 0.0448 e. The van der Waals surface area contributed by atoms with Gasteiger partial charge in [-0.2, -0.15) is 0 Å². The van der Waals surface area contributed by atoms with E-state index in [0.29, 0.717) is 5.92 Å². The molecule has 2 atom stereocenters. The lowest BCUT2D eigenvalue weighted by Crippen LogP contribution is -2.24. The summed E-state index contributed by atoms with van der Waals surface area (Å²) < 4.78 is 0. The van der Waals surface area contributed by atoms with Gasteiger partial charge in [-0.1, -0.05) is 6.92 Å². The SMILES string of the molecule is C[C@H]1C[C@@H]1C(=O)[O-]. The molecule has 0 spiro atoms. The minimum atomic E-state index is -0.882. The fourth-order valence-electron chi connectivity index (χ4n) is 0.651. The van der Waals surface area contributed by atoms with Crippen LogP contribution >= 0.6 is 0 Å². The number of hydrogen-bond acceptors (Lipinski definition) is 2. The number of carboxylic acids is 1. The Bertz CT molecular complexity index is 98.3. The van der Waals surface area contributed by atoms with Gasteiger partial charge < -0.3 is 9.90 Å². The third-order valence-corrected chi connectivity index (χ3v) is 1.41. The van der Waals surface area contributed by atoms with Crippen molar-refractivity contribution in [3.8, 4) is 0 Å². The predicted molar refractivity (Wildman–Crippen MR) is 22.3 cm³/mol. The Morgan fingerprint density at radius 2 is 2.29 bits per heavy atom. The quantitative estimate of drug-likeness (QED) is 0.440. The molecule has 0 aromatic heterocycles. The normalized spacial score (nSPS) is 37.9. The molecule has 0 aliphatic heterocycles. The van der Waals surface area contributed by atoms with Crippen molar-refractivity contribution < 1.29 is 9.90 Å². The van der Waals surface area contributed by atoms with Crippen LogP contribution in [0.4, 0.5) is 0 Å². The van der Waals surface area contributed by atoms with E-state index in [4.69, 9.17) is 0 Å². The summed E-state index contributed by atoms with van der Waals surface area (Å²) in [5.74, 6) is -0.627. The van der Waals surface area contributed by atoms with Crippen LogP contribution in [0.25, 0.3) is 0 Å². The van der Waals surface area contributed by atoms with Gasteiger partial charge in [0.1, 0.15) is 0 Å². The molecule has 0 amide bonds. The summed E-state index contributed by atoms with van der Waals surface area (Å²) in [6.45, 7) is 1.92. The molecule has 1 rings (SSSR count). The van der Waals surface area contributed by atoms with Crippen LogP contribution in [0, 0.1) is 11.8 Å². The Hall–Kier alpha value is -0.530. The number of aliphatic carboxylic acids is 1. The van der Waals surface area contributed by atoms with Gasteiger partial charge in [0.25, 0.3) is 0 Å². The second-order valence-electron chi connectivity index (χ2n) is 2.14. The molecule has 2 nitrogen and oxygen atoms in total. The van der Waals surface area contributed by atoms with Gasteiger partial charge in [-0.3, -0.25) is 0 Å². The molecule has 0 heterocycles. The lowest BCUT2D eigenvalue weighted by Gasteiger charge is -1.93. The number of hydrogen-bond donors (Lipinski definition) is 0. The molecule has 40 valence electrons. The summed E-state index contributed by atoms with van der Waals surface area (Å²) in [6, 6.07) is 0. The molecule has 0 N–H and O–H groups in total. The summed E-state index contributed by atoms with van der Waals surface area (Å²) in [5.41, 5.74) is 0. The Kier molecular flexibility index (Phi) is 0.805. The van der Waals surface area contributed by atoms with Crippen LogP contribution in [-0.2, 0) is 4.79 Å². The van der Waals surface area contributed by atoms with Gasteiger partial charge in [-0.25, -0.2) is 0 Å². The summed E-state index contributed by atoms with van der Waals surface area (Å²) in [5, 5.41) is 9.86. The standard InChI is InChI=1S/C5H8O2/c1-3-2-4(3)5(6)7/h3-4H,2H2,1H3,(H,6,7)/p-1/t3-,4-/m0/s1. The lowest BCUT2D eigenvalue weighted by molar-refractivity contribution is -0.308. The first-order valence-corrected chi connectivity index (χ1v) is 2.42. The highest BCUT2D eigenvalue weighted by molar-refractivity contribution is 5.70. The maximum absolute atomic E-state index is 9.86. The number of rotatable bonds is 1. The Morgan fingerprint density at radius 3 is 2.29 bits per heavy atom. The highest BCUT2D eigenvalue weighted by Crippen LogP contribution is 2.36. The van der Waals surface area contributed by atoms with Gasteiger partial charge in [-0.15, -0.1) is 0 Å². The zero-order valence-corrected chi connectivity index (χ0v) is 4.18. The molecule has 0 aromatic rings. The lowest BCUT2D eigenvalue weighted by atomic mass is 10.3. The van der Waals surface area contributed by atoms with Crippen LogP contribution < -0.4 is 5.11 Å². The van der Waals surface area contributed by atoms with Gasteiger partial charge in [0.15, 0.2) is 0 Å². The van der Waals surface area contributed by atoms with Gasteiger partial charge in [0.05, 0.1) is 0 Å². The van der Waals surface area contributed by atoms with Crippen molar-refractivity contribution in [1.29, 1.82) is 0 Å². The molecule has 0 aromatic carbocycles. The van der Waals surface area contributed by atoms with Crippen LogP contribution in [-0.4, -0.2) is 5.97 Å². The predicted octanol–water partition coefficient (Wildman–Crippen LogP) is -0.608. The van der Waals surface area contributed by atoms with Crippen LogP contribution in [0.5, 0.6) is 0 Å². The second kappa shape index (κ2) is 1.22. The third-order valence-electron chi connectivity index (χ3n) is 1.41. The fourth-order valence-corrected chi connectivity index (χ4v) is 0.651. The van der Waals surface area contributed by atoms with Gasteiger partial charge in [0.2, 0.25) is 0 Å². The van der Waals surface area contributed by atoms with Crippen LogP contribution in [0.1, 0.15) is 13.3 Å². The summed E-state index contributed by atoms with van der Waals surface area (Å²) >= 11 is 0. The van der Waals surface area contributed by atoms with E-state index in [9.17, 15) is 9.90 Å². The molecule has 1 aliphatic rings. The van der Waals surface area contributed by atoms with Crippen molar-refractivity contribution in [2.45, 2.75) is 13.3 Å². The molecule has 1 aliphatic carbocycles. The van der Waals surface area contributed by atoms with E-state index in [1.807, 2.05) is 6.92 Å². The largest absolute Gasteiger partial charge is 0.550 e. The highest BCUT2D eigenvalue weighted by atomic mass is 16.4. The Balaban J connectivity index is 2.33. The van der Waals surface area contributed by atoms with Crippen molar-refractivity contribution in [2.75, 3.05) is 0 Å². The van der Waals surface area contributed by atoms with E-state index >= 15 is 0 Å². The van der Waals surface area contributed by atoms with E-state index in [2.05, 4.69) is 0 Å². The van der Waals surface area contributed by atoms with Gasteiger partial charge in [-0.05, 0) is 12.3 Å².